The second kappa shape index (κ2) is 8.49. The molecule has 1 amide bonds. The van der Waals surface area contributed by atoms with Crippen LogP contribution < -0.4 is 10.1 Å². The Morgan fingerprint density at radius 2 is 1.89 bits per heavy atom. The average molecular weight is 400 g/mol. The summed E-state index contributed by atoms with van der Waals surface area (Å²) < 4.78 is 10.8. The predicted octanol–water partition coefficient (Wildman–Crippen LogP) is 3.29. The number of hydrogen-bond acceptors (Lipinski definition) is 7. The number of carbonyl (C=O) groups is 2. The molecule has 8 nitrogen and oxygen atoms in total. The number of carbonyl (C=O) groups excluding carboxylic acids is 2. The van der Waals surface area contributed by atoms with Crippen molar-refractivity contribution in [3.05, 3.63) is 69.1 Å². The Balaban J connectivity index is 1.53. The molecule has 0 saturated heterocycles. The van der Waals surface area contributed by atoms with Gasteiger partial charge in [0.25, 0.3) is 11.6 Å². The maximum absolute atomic E-state index is 12.1. The van der Waals surface area contributed by atoms with Gasteiger partial charge in [0.2, 0.25) is 0 Å². The number of non-ortho nitro benzene ring substituents is 1. The maximum atomic E-state index is 12.1. The number of nitro benzene ring substituents is 1. The van der Waals surface area contributed by atoms with Crippen LogP contribution in [-0.2, 0) is 16.1 Å². The second-order valence-electron chi connectivity index (χ2n) is 5.79. The summed E-state index contributed by atoms with van der Waals surface area (Å²) in [6.45, 7) is -0.115. The van der Waals surface area contributed by atoms with Crippen LogP contribution in [0.15, 0.2) is 48.5 Å². The first-order valence-electron chi connectivity index (χ1n) is 8.21. The average Bonchev–Trinajstić information content (AvgIpc) is 3.14. The van der Waals surface area contributed by atoms with Crippen molar-refractivity contribution < 1.29 is 24.0 Å². The molecule has 0 spiro atoms. The van der Waals surface area contributed by atoms with E-state index in [2.05, 4.69) is 5.32 Å². The van der Waals surface area contributed by atoms with E-state index in [1.54, 1.807) is 25.3 Å². The molecule has 0 atom stereocenters. The summed E-state index contributed by atoms with van der Waals surface area (Å²) in [4.78, 5) is 34.6. The monoisotopic (exact) mass is 400 g/mol. The van der Waals surface area contributed by atoms with E-state index in [1.807, 2.05) is 12.1 Å². The molecule has 0 fully saturated rings. The smallest absolute Gasteiger partial charge is 0.348 e. The molecule has 1 N–H and O–H groups in total. The van der Waals surface area contributed by atoms with Crippen molar-refractivity contribution in [2.24, 2.45) is 0 Å². The van der Waals surface area contributed by atoms with Gasteiger partial charge in [0.05, 0.1) is 12.0 Å². The van der Waals surface area contributed by atoms with Gasteiger partial charge in [-0.15, -0.1) is 11.3 Å². The first-order chi connectivity index (χ1) is 13.5. The van der Waals surface area contributed by atoms with Crippen LogP contribution in [0.5, 0.6) is 5.75 Å². The van der Waals surface area contributed by atoms with Gasteiger partial charge in [0.1, 0.15) is 10.6 Å². The molecule has 0 aliphatic carbocycles. The number of fused-ring (bicyclic) bond motifs is 1. The van der Waals surface area contributed by atoms with Gasteiger partial charge in [-0.05, 0) is 29.8 Å². The number of benzene rings is 2. The van der Waals surface area contributed by atoms with E-state index in [-0.39, 0.29) is 10.6 Å². The summed E-state index contributed by atoms with van der Waals surface area (Å²) in [6.07, 6.45) is 0. The van der Waals surface area contributed by atoms with Crippen LogP contribution in [0, 0.1) is 10.1 Å². The standard InChI is InChI=1S/C19H16N2O6S/c1-26-15-5-2-12(3-6-15)10-20-18(22)11-27-19(23)17-9-13-8-14(21(24)25)4-7-16(13)28-17/h2-9H,10-11H2,1H3,(H,20,22). The largest absolute Gasteiger partial charge is 0.497 e. The van der Waals surface area contributed by atoms with Gasteiger partial charge >= 0.3 is 5.97 Å². The molecule has 0 aliphatic heterocycles. The minimum absolute atomic E-state index is 0.0527. The van der Waals surface area contributed by atoms with Crippen molar-refractivity contribution in [3.63, 3.8) is 0 Å². The Morgan fingerprint density at radius 1 is 1.14 bits per heavy atom. The molecule has 3 aromatic rings. The number of nitrogens with zero attached hydrogens (tertiary/aromatic N) is 1. The maximum Gasteiger partial charge on any atom is 0.348 e. The Hall–Kier alpha value is -3.46. The van der Waals surface area contributed by atoms with Crippen LogP contribution in [0.4, 0.5) is 5.69 Å². The highest BCUT2D eigenvalue weighted by Gasteiger charge is 2.15. The van der Waals surface area contributed by atoms with E-state index in [9.17, 15) is 19.7 Å². The Morgan fingerprint density at radius 3 is 2.57 bits per heavy atom. The molecular formula is C19H16N2O6S. The van der Waals surface area contributed by atoms with Gasteiger partial charge in [-0.25, -0.2) is 4.79 Å². The van der Waals surface area contributed by atoms with Crippen molar-refractivity contribution in [2.75, 3.05) is 13.7 Å². The molecule has 0 unspecified atom stereocenters. The summed E-state index contributed by atoms with van der Waals surface area (Å²) in [7, 11) is 1.57. The van der Waals surface area contributed by atoms with Crippen LogP contribution in [0.3, 0.4) is 0 Å². The third-order valence-electron chi connectivity index (χ3n) is 3.89. The molecule has 2 aromatic carbocycles. The van der Waals surface area contributed by atoms with Crippen LogP contribution in [-0.4, -0.2) is 30.5 Å². The summed E-state index contributed by atoms with van der Waals surface area (Å²) in [5.74, 6) is -0.359. The number of methoxy groups -OCH3 is 1. The van der Waals surface area contributed by atoms with E-state index >= 15 is 0 Å². The Labute approximate surface area is 163 Å². The zero-order valence-corrected chi connectivity index (χ0v) is 15.7. The Bertz CT molecular complexity index is 1030. The van der Waals surface area contributed by atoms with E-state index in [0.29, 0.717) is 11.9 Å². The van der Waals surface area contributed by atoms with Crippen LogP contribution in [0.25, 0.3) is 10.1 Å². The molecular weight excluding hydrogens is 384 g/mol. The van der Waals surface area contributed by atoms with Crippen molar-refractivity contribution in [3.8, 4) is 5.75 Å². The lowest BCUT2D eigenvalue weighted by atomic mass is 10.2. The fourth-order valence-corrected chi connectivity index (χ4v) is 3.38. The van der Waals surface area contributed by atoms with Crippen LogP contribution >= 0.6 is 11.3 Å². The number of thiophene rings is 1. The minimum atomic E-state index is -0.650. The molecule has 144 valence electrons. The lowest BCUT2D eigenvalue weighted by Gasteiger charge is -2.07. The van der Waals surface area contributed by atoms with Gasteiger partial charge in [-0.3, -0.25) is 14.9 Å². The highest BCUT2D eigenvalue weighted by atomic mass is 32.1. The number of hydrogen-bond donors (Lipinski definition) is 1. The quantitative estimate of drug-likeness (QED) is 0.370. The first-order valence-corrected chi connectivity index (χ1v) is 9.02. The van der Waals surface area contributed by atoms with E-state index < -0.39 is 23.4 Å². The van der Waals surface area contributed by atoms with Gasteiger partial charge in [0, 0.05) is 28.8 Å². The van der Waals surface area contributed by atoms with Gasteiger partial charge < -0.3 is 14.8 Å². The Kier molecular flexibility index (Phi) is 5.85. The fourth-order valence-electron chi connectivity index (χ4n) is 2.44. The normalized spacial score (nSPS) is 10.5. The number of nitro groups is 1. The first kappa shape index (κ1) is 19.3. The number of ether oxygens (including phenoxy) is 2. The highest BCUT2D eigenvalue weighted by molar-refractivity contribution is 7.20. The zero-order valence-electron chi connectivity index (χ0n) is 14.8. The molecule has 3 rings (SSSR count). The topological polar surface area (TPSA) is 108 Å². The molecule has 28 heavy (non-hydrogen) atoms. The van der Waals surface area contributed by atoms with Crippen molar-refractivity contribution in [1.29, 1.82) is 0 Å². The van der Waals surface area contributed by atoms with Crippen LogP contribution in [0.1, 0.15) is 15.2 Å². The van der Waals surface area contributed by atoms with Crippen molar-refractivity contribution in [1.82, 2.24) is 5.32 Å². The minimum Gasteiger partial charge on any atom is -0.497 e. The van der Waals surface area contributed by atoms with Crippen molar-refractivity contribution in [2.45, 2.75) is 6.54 Å². The fraction of sp³-hybridized carbons (Fsp3) is 0.158. The molecule has 0 radical (unpaired) electrons. The lowest BCUT2D eigenvalue weighted by Crippen LogP contribution is -2.28. The third-order valence-corrected chi connectivity index (χ3v) is 4.99. The zero-order chi connectivity index (χ0) is 20.1. The summed E-state index contributed by atoms with van der Waals surface area (Å²) >= 11 is 1.15. The predicted molar refractivity (Wildman–Crippen MR) is 104 cm³/mol. The number of rotatable bonds is 7. The second-order valence-corrected chi connectivity index (χ2v) is 6.87. The highest BCUT2D eigenvalue weighted by Crippen LogP contribution is 2.29. The van der Waals surface area contributed by atoms with E-state index in [0.717, 1.165) is 27.3 Å². The number of esters is 1. The SMILES string of the molecule is COc1ccc(CNC(=O)COC(=O)c2cc3cc([N+](=O)[O-])ccc3s2)cc1. The molecule has 0 saturated carbocycles. The number of amides is 1. The molecule has 1 heterocycles. The molecule has 1 aromatic heterocycles. The van der Waals surface area contributed by atoms with Gasteiger partial charge in [-0.2, -0.15) is 0 Å². The molecule has 9 heteroatoms. The summed E-state index contributed by atoms with van der Waals surface area (Å²) in [5, 5.41) is 14.1. The van der Waals surface area contributed by atoms with E-state index in [1.165, 1.54) is 18.2 Å². The molecule has 0 aliphatic rings. The van der Waals surface area contributed by atoms with E-state index in [4.69, 9.17) is 9.47 Å². The summed E-state index contributed by atoms with van der Waals surface area (Å²) in [5.41, 5.74) is 0.828. The molecule has 0 bridgehead atoms. The lowest BCUT2D eigenvalue weighted by molar-refractivity contribution is -0.384. The van der Waals surface area contributed by atoms with Crippen molar-refractivity contribution >= 4 is 39.0 Å². The summed E-state index contributed by atoms with van der Waals surface area (Å²) in [6, 6.07) is 13.1. The third kappa shape index (κ3) is 4.63. The van der Waals surface area contributed by atoms with Gasteiger partial charge in [-0.1, -0.05) is 12.1 Å². The number of nitrogens with one attached hydrogen (secondary N) is 1. The van der Waals surface area contributed by atoms with Crippen LogP contribution in [0.2, 0.25) is 0 Å². The van der Waals surface area contributed by atoms with Gasteiger partial charge in [0.15, 0.2) is 6.61 Å².